The van der Waals surface area contributed by atoms with Crippen LogP contribution in [-0.4, -0.2) is 27.3 Å². The van der Waals surface area contributed by atoms with Crippen LogP contribution < -0.4 is 10.6 Å². The summed E-state index contributed by atoms with van der Waals surface area (Å²) in [5.41, 5.74) is 0.764. The van der Waals surface area contributed by atoms with E-state index in [1.165, 1.54) is 12.1 Å². The number of rotatable bonds is 3. The van der Waals surface area contributed by atoms with Crippen molar-refractivity contribution >= 4 is 28.7 Å². The van der Waals surface area contributed by atoms with Gasteiger partial charge >= 0.3 is 0 Å². The molecule has 7 heteroatoms. The fourth-order valence-electron chi connectivity index (χ4n) is 2.24. The van der Waals surface area contributed by atoms with Gasteiger partial charge in [-0.25, -0.2) is 0 Å². The first-order chi connectivity index (χ1) is 9.54. The predicted molar refractivity (Wildman–Crippen MR) is 80.7 cm³/mol. The van der Waals surface area contributed by atoms with Gasteiger partial charge in [0.05, 0.1) is 11.0 Å². The summed E-state index contributed by atoms with van der Waals surface area (Å²) in [6.07, 6.45) is 3.17. The summed E-state index contributed by atoms with van der Waals surface area (Å²) in [5.74, 6) is 0. The fourth-order valence-corrected chi connectivity index (χ4v) is 2.52. The third-order valence-electron chi connectivity index (χ3n) is 3.37. The fraction of sp³-hybridized carbons (Fsp3) is 0.462. The molecule has 20 heavy (non-hydrogen) atoms. The highest BCUT2D eigenvalue weighted by atomic mass is 32.1. The summed E-state index contributed by atoms with van der Waals surface area (Å²) in [4.78, 5) is 10.1. The second-order valence-corrected chi connectivity index (χ2v) is 5.32. The number of aliphatic hydroxyl groups is 1. The molecule has 1 aliphatic rings. The predicted octanol–water partition coefficient (Wildman–Crippen LogP) is 2.18. The van der Waals surface area contributed by atoms with Gasteiger partial charge < -0.3 is 15.7 Å². The van der Waals surface area contributed by atoms with E-state index in [1.807, 2.05) is 0 Å². The van der Waals surface area contributed by atoms with Gasteiger partial charge in [-0.1, -0.05) is 0 Å². The Balaban J connectivity index is 1.83. The lowest BCUT2D eigenvalue weighted by Gasteiger charge is -2.27. The summed E-state index contributed by atoms with van der Waals surface area (Å²) in [6, 6.07) is 6.38. The molecule has 1 aromatic rings. The zero-order valence-corrected chi connectivity index (χ0v) is 11.7. The van der Waals surface area contributed by atoms with E-state index in [0.29, 0.717) is 10.8 Å². The Morgan fingerprint density at radius 1 is 1.25 bits per heavy atom. The van der Waals surface area contributed by atoms with Crippen LogP contribution in [0.3, 0.4) is 0 Å². The zero-order chi connectivity index (χ0) is 14.5. The Morgan fingerprint density at radius 3 is 2.40 bits per heavy atom. The van der Waals surface area contributed by atoms with Gasteiger partial charge in [0.1, 0.15) is 0 Å². The van der Waals surface area contributed by atoms with Crippen LogP contribution >= 0.6 is 12.2 Å². The smallest absolute Gasteiger partial charge is 0.269 e. The molecular formula is C13H17N3O3S. The molecule has 0 unspecified atom stereocenters. The van der Waals surface area contributed by atoms with E-state index in [4.69, 9.17) is 12.2 Å². The standard InChI is InChI=1S/C13H17N3O3S/c17-12-7-3-10(4-8-12)15-13(20)14-9-1-5-11(6-2-9)16(18)19/h1-2,5-6,10,12,17H,3-4,7-8H2,(H2,14,15,20). The SMILES string of the molecule is O=[N+]([O-])c1ccc(NC(=S)NC2CCC(O)CC2)cc1. The number of anilines is 1. The van der Waals surface area contributed by atoms with Crippen molar-refractivity contribution in [3.63, 3.8) is 0 Å². The van der Waals surface area contributed by atoms with Crippen LogP contribution in [0.1, 0.15) is 25.7 Å². The molecule has 2 rings (SSSR count). The third-order valence-corrected chi connectivity index (χ3v) is 3.59. The van der Waals surface area contributed by atoms with Crippen molar-refractivity contribution in [2.75, 3.05) is 5.32 Å². The number of thiocarbonyl (C=S) groups is 1. The molecule has 0 heterocycles. The van der Waals surface area contributed by atoms with Crippen molar-refractivity contribution in [2.45, 2.75) is 37.8 Å². The zero-order valence-electron chi connectivity index (χ0n) is 10.9. The number of benzene rings is 1. The van der Waals surface area contributed by atoms with Gasteiger partial charge in [-0.15, -0.1) is 0 Å². The molecule has 0 radical (unpaired) electrons. The molecular weight excluding hydrogens is 278 g/mol. The van der Waals surface area contributed by atoms with Crippen LogP contribution in [0.5, 0.6) is 0 Å². The van der Waals surface area contributed by atoms with Crippen LogP contribution in [0.2, 0.25) is 0 Å². The summed E-state index contributed by atoms with van der Waals surface area (Å²) in [6.45, 7) is 0. The highest BCUT2D eigenvalue weighted by molar-refractivity contribution is 7.80. The molecule has 1 fully saturated rings. The van der Waals surface area contributed by atoms with E-state index < -0.39 is 4.92 Å². The number of non-ortho nitro benzene ring substituents is 1. The molecule has 1 aliphatic carbocycles. The average molecular weight is 295 g/mol. The summed E-state index contributed by atoms with van der Waals surface area (Å²) < 4.78 is 0. The Hall–Kier alpha value is -1.73. The van der Waals surface area contributed by atoms with Crippen LogP contribution in [0.15, 0.2) is 24.3 Å². The molecule has 3 N–H and O–H groups in total. The average Bonchev–Trinajstić information content (AvgIpc) is 2.42. The van der Waals surface area contributed by atoms with Crippen molar-refractivity contribution in [1.82, 2.24) is 5.32 Å². The van der Waals surface area contributed by atoms with E-state index in [2.05, 4.69) is 10.6 Å². The molecule has 0 spiro atoms. The summed E-state index contributed by atoms with van der Waals surface area (Å²) >= 11 is 5.21. The summed E-state index contributed by atoms with van der Waals surface area (Å²) in [7, 11) is 0. The Labute approximate surface area is 122 Å². The van der Waals surface area contributed by atoms with Gasteiger partial charge in [0.15, 0.2) is 5.11 Å². The van der Waals surface area contributed by atoms with Crippen molar-refractivity contribution in [3.05, 3.63) is 34.4 Å². The molecule has 0 atom stereocenters. The first-order valence-electron chi connectivity index (χ1n) is 6.54. The highest BCUT2D eigenvalue weighted by Gasteiger charge is 2.19. The van der Waals surface area contributed by atoms with E-state index in [0.717, 1.165) is 25.7 Å². The lowest BCUT2D eigenvalue weighted by atomic mass is 9.93. The first kappa shape index (κ1) is 14.7. The van der Waals surface area contributed by atoms with Gasteiger partial charge in [0, 0.05) is 23.9 Å². The number of nitro groups is 1. The minimum absolute atomic E-state index is 0.0516. The Kier molecular flexibility index (Phi) is 4.86. The maximum Gasteiger partial charge on any atom is 0.269 e. The van der Waals surface area contributed by atoms with Crippen molar-refractivity contribution in [1.29, 1.82) is 0 Å². The van der Waals surface area contributed by atoms with Crippen molar-refractivity contribution in [3.8, 4) is 0 Å². The minimum Gasteiger partial charge on any atom is -0.393 e. The van der Waals surface area contributed by atoms with E-state index in [1.54, 1.807) is 12.1 Å². The van der Waals surface area contributed by atoms with Gasteiger partial charge in [0.2, 0.25) is 0 Å². The lowest BCUT2D eigenvalue weighted by molar-refractivity contribution is -0.384. The number of hydrogen-bond acceptors (Lipinski definition) is 4. The number of hydrogen-bond donors (Lipinski definition) is 3. The van der Waals surface area contributed by atoms with Crippen LogP contribution in [-0.2, 0) is 0 Å². The molecule has 108 valence electrons. The lowest BCUT2D eigenvalue weighted by Crippen LogP contribution is -2.40. The molecule has 0 amide bonds. The van der Waals surface area contributed by atoms with Crippen LogP contribution in [0.4, 0.5) is 11.4 Å². The number of nitro benzene ring substituents is 1. The number of nitrogens with zero attached hydrogens (tertiary/aromatic N) is 1. The van der Waals surface area contributed by atoms with Gasteiger partial charge in [-0.2, -0.15) is 0 Å². The summed E-state index contributed by atoms with van der Waals surface area (Å²) in [5, 5.41) is 26.7. The van der Waals surface area contributed by atoms with Crippen molar-refractivity contribution < 1.29 is 10.0 Å². The Morgan fingerprint density at radius 2 is 1.85 bits per heavy atom. The molecule has 1 aromatic carbocycles. The first-order valence-corrected chi connectivity index (χ1v) is 6.95. The van der Waals surface area contributed by atoms with E-state index >= 15 is 0 Å². The maximum atomic E-state index is 10.6. The quantitative estimate of drug-likeness (QED) is 0.450. The van der Waals surface area contributed by atoms with E-state index in [9.17, 15) is 15.2 Å². The van der Waals surface area contributed by atoms with Gasteiger partial charge in [-0.3, -0.25) is 10.1 Å². The minimum atomic E-state index is -0.437. The molecule has 0 saturated heterocycles. The topological polar surface area (TPSA) is 87.4 Å². The van der Waals surface area contributed by atoms with Gasteiger partial charge in [-0.05, 0) is 50.0 Å². The second-order valence-electron chi connectivity index (χ2n) is 4.91. The highest BCUT2D eigenvalue weighted by Crippen LogP contribution is 2.19. The Bertz CT molecular complexity index is 484. The monoisotopic (exact) mass is 295 g/mol. The van der Waals surface area contributed by atoms with Gasteiger partial charge in [0.25, 0.3) is 5.69 Å². The second kappa shape index (κ2) is 6.62. The molecule has 0 aromatic heterocycles. The number of aliphatic hydroxyl groups excluding tert-OH is 1. The largest absolute Gasteiger partial charge is 0.393 e. The molecule has 6 nitrogen and oxygen atoms in total. The molecule has 0 aliphatic heterocycles. The normalized spacial score (nSPS) is 22.1. The molecule has 0 bridgehead atoms. The van der Waals surface area contributed by atoms with E-state index in [-0.39, 0.29) is 17.8 Å². The van der Waals surface area contributed by atoms with Crippen LogP contribution in [0.25, 0.3) is 0 Å². The van der Waals surface area contributed by atoms with Crippen LogP contribution in [0, 0.1) is 10.1 Å². The molecule has 1 saturated carbocycles. The third kappa shape index (κ3) is 4.14. The number of nitrogens with one attached hydrogen (secondary N) is 2. The van der Waals surface area contributed by atoms with Crippen molar-refractivity contribution in [2.24, 2.45) is 0 Å². The maximum absolute atomic E-state index is 10.6.